The van der Waals surface area contributed by atoms with Gasteiger partial charge in [0.05, 0.1) is 16.6 Å². The number of rotatable bonds is 5. The number of nitrogens with one attached hydrogen (secondary N) is 1. The van der Waals surface area contributed by atoms with Crippen LogP contribution in [0.25, 0.3) is 0 Å². The molecule has 1 unspecified atom stereocenters. The first-order valence-electron chi connectivity index (χ1n) is 6.88. The Kier molecular flexibility index (Phi) is 4.78. The fourth-order valence-corrected chi connectivity index (χ4v) is 2.30. The second-order valence-electron chi connectivity index (χ2n) is 5.18. The lowest BCUT2D eigenvalue weighted by molar-refractivity contribution is -0.384. The fraction of sp³-hybridized carbons (Fsp3) is 0.357. The van der Waals surface area contributed by atoms with Crippen LogP contribution in [0.3, 0.4) is 0 Å². The molecule has 0 saturated heterocycles. The largest absolute Gasteiger partial charge is 0.416 e. The summed E-state index contributed by atoms with van der Waals surface area (Å²) >= 11 is 0. The fourth-order valence-electron chi connectivity index (χ4n) is 2.30. The molecule has 1 aromatic heterocycles. The van der Waals surface area contributed by atoms with E-state index in [1.165, 1.54) is 30.8 Å². The number of hydrogen-bond acceptors (Lipinski definition) is 5. The van der Waals surface area contributed by atoms with Crippen molar-refractivity contribution < 1.29 is 23.2 Å². The first kappa shape index (κ1) is 17.7. The van der Waals surface area contributed by atoms with E-state index < -0.39 is 22.8 Å². The second kappa shape index (κ2) is 6.48. The van der Waals surface area contributed by atoms with Crippen molar-refractivity contribution in [3.63, 3.8) is 0 Å². The number of anilines is 1. The Bertz CT molecular complexity index is 758. The van der Waals surface area contributed by atoms with Crippen LogP contribution in [0.5, 0.6) is 0 Å². The Morgan fingerprint density at radius 2 is 2.12 bits per heavy atom. The average molecular weight is 344 g/mol. The van der Waals surface area contributed by atoms with Gasteiger partial charge >= 0.3 is 11.9 Å². The Balaban J connectivity index is 2.18. The normalized spacial score (nSPS) is 12.9. The predicted molar refractivity (Wildman–Crippen MR) is 79.5 cm³/mol. The van der Waals surface area contributed by atoms with Crippen LogP contribution in [0, 0.1) is 17.0 Å². The highest BCUT2D eigenvalue weighted by Crippen LogP contribution is 2.31. The van der Waals surface area contributed by atoms with Crippen molar-refractivity contribution in [3.05, 3.63) is 51.2 Å². The van der Waals surface area contributed by atoms with E-state index in [1.807, 2.05) is 0 Å². The van der Waals surface area contributed by atoms with E-state index >= 15 is 0 Å². The van der Waals surface area contributed by atoms with Crippen LogP contribution in [0.4, 0.5) is 24.7 Å². The lowest BCUT2D eigenvalue weighted by atomic mass is 10.1. The van der Waals surface area contributed by atoms with Gasteiger partial charge in [0.2, 0.25) is 5.82 Å². The van der Waals surface area contributed by atoms with Gasteiger partial charge in [0.15, 0.2) is 0 Å². The molecule has 0 fully saturated rings. The summed E-state index contributed by atoms with van der Waals surface area (Å²) in [7, 11) is 1.49. The molecule has 1 aromatic carbocycles. The summed E-state index contributed by atoms with van der Waals surface area (Å²) < 4.78 is 39.3. The summed E-state index contributed by atoms with van der Waals surface area (Å²) in [5.41, 5.74) is -0.868. The van der Waals surface area contributed by atoms with Gasteiger partial charge in [-0.15, -0.1) is 0 Å². The quantitative estimate of drug-likeness (QED) is 0.643. The number of nitro groups is 1. The summed E-state index contributed by atoms with van der Waals surface area (Å²) in [5, 5.41) is 27.7. The minimum absolute atomic E-state index is 0.0545. The molecule has 0 aliphatic carbocycles. The molecular formula is C14H15F3N4O3. The predicted octanol–water partition coefficient (Wildman–Crippen LogP) is 2.80. The monoisotopic (exact) mass is 344 g/mol. The highest BCUT2D eigenvalue weighted by atomic mass is 19.4. The summed E-state index contributed by atoms with van der Waals surface area (Å²) in [6.07, 6.45) is -5.79. The minimum atomic E-state index is -4.51. The Morgan fingerprint density at radius 1 is 1.46 bits per heavy atom. The molecule has 1 atom stereocenters. The minimum Gasteiger partial charge on any atom is -0.387 e. The molecule has 2 aromatic rings. The molecule has 0 amide bonds. The number of aryl methyl sites for hydroxylation is 2. The molecule has 130 valence electrons. The lowest BCUT2D eigenvalue weighted by Gasteiger charge is -2.15. The molecule has 10 heteroatoms. The van der Waals surface area contributed by atoms with Crippen LogP contribution in [-0.2, 0) is 13.2 Å². The number of hydrogen-bond donors (Lipinski definition) is 2. The molecule has 0 saturated carbocycles. The van der Waals surface area contributed by atoms with E-state index in [1.54, 1.807) is 0 Å². The van der Waals surface area contributed by atoms with Gasteiger partial charge in [-0.05, 0) is 24.6 Å². The molecule has 1 heterocycles. The molecule has 0 aliphatic rings. The number of aliphatic hydroxyl groups is 1. The van der Waals surface area contributed by atoms with Crippen LogP contribution >= 0.6 is 0 Å². The molecule has 7 nitrogen and oxygen atoms in total. The molecule has 0 aliphatic heterocycles. The molecule has 0 bridgehead atoms. The lowest BCUT2D eigenvalue weighted by Crippen LogP contribution is -2.16. The highest BCUT2D eigenvalue weighted by Gasteiger charge is 2.31. The Labute approximate surface area is 134 Å². The van der Waals surface area contributed by atoms with E-state index in [2.05, 4.69) is 10.4 Å². The van der Waals surface area contributed by atoms with Crippen molar-refractivity contribution in [1.29, 1.82) is 0 Å². The van der Waals surface area contributed by atoms with Crippen LogP contribution in [-0.4, -0.2) is 26.4 Å². The third-order valence-corrected chi connectivity index (χ3v) is 3.43. The van der Waals surface area contributed by atoms with Gasteiger partial charge in [-0.3, -0.25) is 10.1 Å². The maximum Gasteiger partial charge on any atom is 0.416 e. The van der Waals surface area contributed by atoms with Crippen molar-refractivity contribution in [2.24, 2.45) is 7.05 Å². The Hall–Kier alpha value is -2.62. The van der Waals surface area contributed by atoms with E-state index in [0.717, 1.165) is 12.1 Å². The standard InChI is InChI=1S/C14H15F3N4O3/c1-8-12(21(23)24)13(20(2)19-8)18-7-11(22)9-4-3-5-10(6-9)14(15,16)17/h3-6,11,18,22H,7H2,1-2H3. The number of aliphatic hydroxyl groups excluding tert-OH is 1. The summed E-state index contributed by atoms with van der Waals surface area (Å²) in [6, 6.07) is 4.29. The highest BCUT2D eigenvalue weighted by molar-refractivity contribution is 5.59. The summed E-state index contributed by atoms with van der Waals surface area (Å²) in [4.78, 5) is 10.4. The maximum absolute atomic E-state index is 12.7. The van der Waals surface area contributed by atoms with E-state index in [9.17, 15) is 28.4 Å². The molecule has 2 N–H and O–H groups in total. The molecule has 24 heavy (non-hydrogen) atoms. The van der Waals surface area contributed by atoms with Gasteiger partial charge in [-0.1, -0.05) is 12.1 Å². The van der Waals surface area contributed by atoms with Crippen molar-refractivity contribution in [2.45, 2.75) is 19.2 Å². The van der Waals surface area contributed by atoms with E-state index in [0.29, 0.717) is 0 Å². The van der Waals surface area contributed by atoms with Gasteiger partial charge < -0.3 is 10.4 Å². The third-order valence-electron chi connectivity index (χ3n) is 3.43. The SMILES string of the molecule is Cc1nn(C)c(NCC(O)c2cccc(C(F)(F)F)c2)c1[N+](=O)[O-]. The van der Waals surface area contributed by atoms with Crippen molar-refractivity contribution in [2.75, 3.05) is 11.9 Å². The van der Waals surface area contributed by atoms with E-state index in [-0.39, 0.29) is 29.3 Å². The number of halogens is 3. The molecular weight excluding hydrogens is 329 g/mol. The van der Waals surface area contributed by atoms with Crippen LogP contribution in [0.15, 0.2) is 24.3 Å². The van der Waals surface area contributed by atoms with Crippen molar-refractivity contribution >= 4 is 11.5 Å². The summed E-state index contributed by atoms with van der Waals surface area (Å²) in [6.45, 7) is 1.26. The van der Waals surface area contributed by atoms with Crippen LogP contribution < -0.4 is 5.32 Å². The zero-order chi connectivity index (χ0) is 18.1. The topological polar surface area (TPSA) is 93.2 Å². The number of aromatic nitrogens is 2. The van der Waals surface area contributed by atoms with E-state index in [4.69, 9.17) is 0 Å². The zero-order valence-corrected chi connectivity index (χ0v) is 12.8. The van der Waals surface area contributed by atoms with Gasteiger partial charge in [-0.2, -0.15) is 18.3 Å². The Morgan fingerprint density at radius 3 is 2.71 bits per heavy atom. The van der Waals surface area contributed by atoms with Crippen LogP contribution in [0.2, 0.25) is 0 Å². The van der Waals surface area contributed by atoms with Crippen molar-refractivity contribution in [3.8, 4) is 0 Å². The third kappa shape index (κ3) is 3.65. The van der Waals surface area contributed by atoms with Gasteiger partial charge in [0.25, 0.3) is 0 Å². The smallest absolute Gasteiger partial charge is 0.387 e. The average Bonchev–Trinajstić information content (AvgIpc) is 2.78. The van der Waals surface area contributed by atoms with Crippen LogP contribution in [0.1, 0.15) is 22.9 Å². The first-order valence-corrected chi connectivity index (χ1v) is 6.88. The second-order valence-corrected chi connectivity index (χ2v) is 5.18. The molecule has 0 spiro atoms. The van der Waals surface area contributed by atoms with Gasteiger partial charge in [-0.25, -0.2) is 4.68 Å². The maximum atomic E-state index is 12.7. The number of nitrogens with zero attached hydrogens (tertiary/aromatic N) is 3. The molecule has 0 radical (unpaired) electrons. The van der Waals surface area contributed by atoms with Crippen molar-refractivity contribution in [1.82, 2.24) is 9.78 Å². The first-order chi connectivity index (χ1) is 11.1. The van der Waals surface area contributed by atoms with Gasteiger partial charge in [0.1, 0.15) is 5.69 Å². The zero-order valence-electron chi connectivity index (χ0n) is 12.8. The summed E-state index contributed by atoms with van der Waals surface area (Å²) in [5.74, 6) is 0.0727. The number of benzene rings is 1. The van der Waals surface area contributed by atoms with Gasteiger partial charge in [0, 0.05) is 13.6 Å². The molecule has 2 rings (SSSR count). The number of alkyl halides is 3.